The van der Waals surface area contributed by atoms with E-state index in [1.165, 1.54) is 16.4 Å². The van der Waals surface area contributed by atoms with E-state index < -0.39 is 10.0 Å². The highest BCUT2D eigenvalue weighted by molar-refractivity contribution is 7.89. The van der Waals surface area contributed by atoms with E-state index in [1.54, 1.807) is 11.0 Å². The molecule has 0 N–H and O–H groups in total. The minimum atomic E-state index is -3.70. The van der Waals surface area contributed by atoms with E-state index in [2.05, 4.69) is 0 Å². The van der Waals surface area contributed by atoms with Gasteiger partial charge in [0.2, 0.25) is 10.0 Å². The summed E-state index contributed by atoms with van der Waals surface area (Å²) in [4.78, 5) is 14.5. The first-order chi connectivity index (χ1) is 16.0. The molecule has 2 aliphatic rings. The fraction of sp³-hybridized carbons (Fsp3) is 0.292. The zero-order valence-electron chi connectivity index (χ0n) is 18.0. The van der Waals surface area contributed by atoms with Gasteiger partial charge in [-0.2, -0.15) is 4.31 Å². The van der Waals surface area contributed by atoms with E-state index in [-0.39, 0.29) is 30.5 Å². The van der Waals surface area contributed by atoms with Crippen molar-refractivity contribution < 1.29 is 27.4 Å². The summed E-state index contributed by atoms with van der Waals surface area (Å²) in [7, 11) is -3.70. The van der Waals surface area contributed by atoms with Crippen LogP contribution in [0.1, 0.15) is 0 Å². The summed E-state index contributed by atoms with van der Waals surface area (Å²) in [6.45, 7) is 1.79. The van der Waals surface area contributed by atoms with Crippen LogP contribution >= 0.6 is 0 Å². The molecule has 5 rings (SSSR count). The van der Waals surface area contributed by atoms with Crippen molar-refractivity contribution in [1.82, 2.24) is 9.21 Å². The second-order valence-electron chi connectivity index (χ2n) is 7.86. The SMILES string of the molecule is O=C(COc1cccc2ccccc12)N1CCN(S(=O)(=O)c2ccc3c(c2)OCCO3)CC1. The second kappa shape index (κ2) is 8.92. The fourth-order valence-electron chi connectivity index (χ4n) is 4.06. The molecule has 1 amide bonds. The molecule has 3 aromatic carbocycles. The Bertz CT molecular complexity index is 1280. The van der Waals surface area contributed by atoms with Crippen LogP contribution in [-0.2, 0) is 14.8 Å². The number of fused-ring (bicyclic) bond motifs is 2. The van der Waals surface area contributed by atoms with E-state index in [4.69, 9.17) is 14.2 Å². The number of nitrogens with zero attached hydrogens (tertiary/aromatic N) is 2. The molecule has 8 nitrogen and oxygen atoms in total. The summed E-state index contributed by atoms with van der Waals surface area (Å²) in [5.74, 6) is 1.46. The minimum Gasteiger partial charge on any atom is -0.486 e. The third-order valence-corrected chi connectivity index (χ3v) is 7.74. The van der Waals surface area contributed by atoms with Crippen LogP contribution in [-0.4, -0.2) is 69.5 Å². The predicted octanol–water partition coefficient (Wildman–Crippen LogP) is 2.52. The standard InChI is InChI=1S/C24H24N2O6S/c27-24(17-32-21-7-3-5-18-4-1-2-6-20(18)21)25-10-12-26(13-11-25)33(28,29)19-8-9-22-23(16-19)31-15-14-30-22/h1-9,16H,10-15,17H2. The Morgan fingerprint density at radius 1 is 0.879 bits per heavy atom. The number of hydrogen-bond acceptors (Lipinski definition) is 6. The van der Waals surface area contributed by atoms with Crippen molar-refractivity contribution in [2.75, 3.05) is 46.0 Å². The number of ether oxygens (including phenoxy) is 3. The third-order valence-electron chi connectivity index (χ3n) is 5.84. The second-order valence-corrected chi connectivity index (χ2v) is 9.79. The van der Waals surface area contributed by atoms with Gasteiger partial charge < -0.3 is 19.1 Å². The van der Waals surface area contributed by atoms with Gasteiger partial charge in [0.25, 0.3) is 5.91 Å². The van der Waals surface area contributed by atoms with Crippen molar-refractivity contribution in [2.24, 2.45) is 0 Å². The molecule has 0 aromatic heterocycles. The smallest absolute Gasteiger partial charge is 0.260 e. The molecular formula is C24H24N2O6S. The van der Waals surface area contributed by atoms with Gasteiger partial charge in [0.05, 0.1) is 4.90 Å². The van der Waals surface area contributed by atoms with Gasteiger partial charge in [-0.15, -0.1) is 0 Å². The van der Waals surface area contributed by atoms with Crippen LogP contribution in [0.4, 0.5) is 0 Å². The number of rotatable bonds is 5. The summed E-state index contributed by atoms with van der Waals surface area (Å²) in [6, 6.07) is 18.2. The van der Waals surface area contributed by atoms with Crippen LogP contribution in [0.2, 0.25) is 0 Å². The Morgan fingerprint density at radius 3 is 2.42 bits per heavy atom. The zero-order valence-corrected chi connectivity index (χ0v) is 18.8. The lowest BCUT2D eigenvalue weighted by Gasteiger charge is -2.34. The average molecular weight is 469 g/mol. The molecule has 3 aromatic rings. The summed E-state index contributed by atoms with van der Waals surface area (Å²) in [5, 5.41) is 1.99. The fourth-order valence-corrected chi connectivity index (χ4v) is 5.50. The Balaban J connectivity index is 1.20. The lowest BCUT2D eigenvalue weighted by atomic mass is 10.1. The molecular weight excluding hydrogens is 444 g/mol. The molecule has 2 heterocycles. The summed E-state index contributed by atoms with van der Waals surface area (Å²) < 4.78 is 44.3. The zero-order chi connectivity index (χ0) is 22.8. The summed E-state index contributed by atoms with van der Waals surface area (Å²) in [5.41, 5.74) is 0. The average Bonchev–Trinajstić information content (AvgIpc) is 2.87. The van der Waals surface area contributed by atoms with Crippen molar-refractivity contribution in [3.8, 4) is 17.2 Å². The van der Waals surface area contributed by atoms with Crippen LogP contribution in [0.3, 0.4) is 0 Å². The van der Waals surface area contributed by atoms with Crippen molar-refractivity contribution in [1.29, 1.82) is 0 Å². The maximum atomic E-state index is 13.1. The highest BCUT2D eigenvalue weighted by Crippen LogP contribution is 2.33. The number of benzene rings is 3. The van der Waals surface area contributed by atoms with Gasteiger partial charge in [0.15, 0.2) is 18.1 Å². The van der Waals surface area contributed by atoms with E-state index in [1.807, 2.05) is 42.5 Å². The highest BCUT2D eigenvalue weighted by atomic mass is 32.2. The maximum absolute atomic E-state index is 13.1. The van der Waals surface area contributed by atoms with Crippen molar-refractivity contribution in [2.45, 2.75) is 4.90 Å². The van der Waals surface area contributed by atoms with Gasteiger partial charge in [0.1, 0.15) is 19.0 Å². The number of carbonyl (C=O) groups is 1. The first-order valence-electron chi connectivity index (χ1n) is 10.8. The van der Waals surface area contributed by atoms with Crippen molar-refractivity contribution >= 4 is 26.7 Å². The molecule has 172 valence electrons. The quantitative estimate of drug-likeness (QED) is 0.572. The van der Waals surface area contributed by atoms with Crippen LogP contribution in [0.5, 0.6) is 17.2 Å². The Morgan fingerprint density at radius 2 is 1.61 bits per heavy atom. The largest absolute Gasteiger partial charge is 0.486 e. The topological polar surface area (TPSA) is 85.4 Å². The van der Waals surface area contributed by atoms with Gasteiger partial charge in [0, 0.05) is 37.6 Å². The molecule has 1 fully saturated rings. The summed E-state index contributed by atoms with van der Waals surface area (Å²) >= 11 is 0. The number of sulfonamides is 1. The molecule has 0 spiro atoms. The molecule has 1 saturated heterocycles. The molecule has 0 radical (unpaired) electrons. The number of piperazine rings is 1. The molecule has 2 aliphatic heterocycles. The Kier molecular flexibility index (Phi) is 5.82. The van der Waals surface area contributed by atoms with Crippen LogP contribution in [0, 0.1) is 0 Å². The van der Waals surface area contributed by atoms with E-state index in [0.29, 0.717) is 43.6 Å². The first kappa shape index (κ1) is 21.5. The highest BCUT2D eigenvalue weighted by Gasteiger charge is 2.31. The first-order valence-corrected chi connectivity index (χ1v) is 12.2. The van der Waals surface area contributed by atoms with Crippen molar-refractivity contribution in [3.63, 3.8) is 0 Å². The van der Waals surface area contributed by atoms with Crippen LogP contribution < -0.4 is 14.2 Å². The van der Waals surface area contributed by atoms with E-state index >= 15 is 0 Å². The van der Waals surface area contributed by atoms with Crippen molar-refractivity contribution in [3.05, 3.63) is 60.7 Å². The lowest BCUT2D eigenvalue weighted by Crippen LogP contribution is -2.51. The molecule has 0 saturated carbocycles. The molecule has 0 unspecified atom stereocenters. The number of amides is 1. The molecule has 33 heavy (non-hydrogen) atoms. The normalized spacial score (nSPS) is 16.5. The Labute approximate surface area is 192 Å². The molecule has 9 heteroatoms. The monoisotopic (exact) mass is 468 g/mol. The van der Waals surface area contributed by atoms with Gasteiger partial charge in [-0.25, -0.2) is 8.42 Å². The van der Waals surface area contributed by atoms with Gasteiger partial charge >= 0.3 is 0 Å². The predicted molar refractivity (Wildman–Crippen MR) is 122 cm³/mol. The lowest BCUT2D eigenvalue weighted by molar-refractivity contribution is -0.134. The molecule has 0 bridgehead atoms. The minimum absolute atomic E-state index is 0.0943. The van der Waals surface area contributed by atoms with Crippen LogP contribution in [0.25, 0.3) is 10.8 Å². The maximum Gasteiger partial charge on any atom is 0.260 e. The van der Waals surface area contributed by atoms with Gasteiger partial charge in [-0.05, 0) is 23.6 Å². The molecule has 0 atom stereocenters. The number of carbonyl (C=O) groups excluding carboxylic acids is 1. The van der Waals surface area contributed by atoms with Gasteiger partial charge in [-0.1, -0.05) is 36.4 Å². The summed E-state index contributed by atoms with van der Waals surface area (Å²) in [6.07, 6.45) is 0. The third kappa shape index (κ3) is 4.34. The van der Waals surface area contributed by atoms with E-state index in [9.17, 15) is 13.2 Å². The Hall–Kier alpha value is -3.30. The number of hydrogen-bond donors (Lipinski definition) is 0. The molecule has 0 aliphatic carbocycles. The van der Waals surface area contributed by atoms with E-state index in [0.717, 1.165) is 10.8 Å². The van der Waals surface area contributed by atoms with Gasteiger partial charge in [-0.3, -0.25) is 4.79 Å². The van der Waals surface area contributed by atoms with Crippen LogP contribution in [0.15, 0.2) is 65.6 Å².